The van der Waals surface area contributed by atoms with Crippen molar-refractivity contribution < 1.29 is 14.4 Å². The van der Waals surface area contributed by atoms with E-state index in [1.54, 1.807) is 6.07 Å². The largest absolute Gasteiger partial charge is 0.354 e. The van der Waals surface area contributed by atoms with Gasteiger partial charge in [-0.15, -0.1) is 0 Å². The molecule has 0 saturated carbocycles. The Morgan fingerprint density at radius 1 is 1.03 bits per heavy atom. The van der Waals surface area contributed by atoms with Crippen LogP contribution in [0.3, 0.4) is 0 Å². The normalized spacial score (nSPS) is 15.2. The minimum atomic E-state index is -0.620. The first-order valence-corrected chi connectivity index (χ1v) is 11.4. The van der Waals surface area contributed by atoms with E-state index in [2.05, 4.69) is 10.6 Å². The summed E-state index contributed by atoms with van der Waals surface area (Å²) in [4.78, 5) is 40.6. The Hall–Kier alpha value is -3.15. The standard InChI is InChI=1S/C26H33N3O3/c1-4-14-27-25(31)23(28-24(30)21-10-7-8-18(2)17-21)20-12-15-29(16-13-20)26(32)22-11-6-5-9-19(22)3/h5-11,17,20,23H,4,12-16H2,1-3H3,(H,27,31)(H,28,30). The summed E-state index contributed by atoms with van der Waals surface area (Å²) in [5, 5.41) is 5.90. The number of aryl methyl sites for hydroxylation is 2. The number of likely N-dealkylation sites (tertiary alicyclic amines) is 1. The first kappa shape index (κ1) is 23.5. The fourth-order valence-electron chi connectivity index (χ4n) is 4.19. The summed E-state index contributed by atoms with van der Waals surface area (Å²) < 4.78 is 0. The summed E-state index contributed by atoms with van der Waals surface area (Å²) in [7, 11) is 0. The average molecular weight is 436 g/mol. The third-order valence-electron chi connectivity index (χ3n) is 6.07. The van der Waals surface area contributed by atoms with Gasteiger partial charge in [-0.05, 0) is 62.8 Å². The van der Waals surface area contributed by atoms with E-state index < -0.39 is 6.04 Å². The Labute approximate surface area is 190 Å². The van der Waals surface area contributed by atoms with E-state index in [4.69, 9.17) is 0 Å². The Balaban J connectivity index is 1.69. The van der Waals surface area contributed by atoms with Gasteiger partial charge in [0.25, 0.3) is 11.8 Å². The van der Waals surface area contributed by atoms with Gasteiger partial charge in [-0.1, -0.05) is 42.8 Å². The minimum absolute atomic E-state index is 0.0253. The lowest BCUT2D eigenvalue weighted by Crippen LogP contribution is -2.54. The molecule has 1 aliphatic heterocycles. The second-order valence-corrected chi connectivity index (χ2v) is 8.56. The van der Waals surface area contributed by atoms with Crippen LogP contribution in [0.1, 0.15) is 58.0 Å². The number of carbonyl (C=O) groups excluding carboxylic acids is 3. The molecule has 0 bridgehead atoms. The van der Waals surface area contributed by atoms with E-state index >= 15 is 0 Å². The number of rotatable bonds is 7. The van der Waals surface area contributed by atoms with Crippen molar-refractivity contribution in [1.82, 2.24) is 15.5 Å². The van der Waals surface area contributed by atoms with Crippen LogP contribution in [0, 0.1) is 19.8 Å². The molecule has 1 aliphatic rings. The fourth-order valence-corrected chi connectivity index (χ4v) is 4.19. The first-order valence-electron chi connectivity index (χ1n) is 11.4. The molecule has 2 aromatic carbocycles. The number of hydrogen-bond acceptors (Lipinski definition) is 3. The van der Waals surface area contributed by atoms with E-state index in [1.165, 1.54) is 0 Å². The number of hydrogen-bond donors (Lipinski definition) is 2. The summed E-state index contributed by atoms with van der Waals surface area (Å²) in [6, 6.07) is 14.3. The third-order valence-corrected chi connectivity index (χ3v) is 6.07. The molecular formula is C26H33N3O3. The maximum absolute atomic E-state index is 12.9. The maximum Gasteiger partial charge on any atom is 0.254 e. The van der Waals surface area contributed by atoms with Crippen LogP contribution >= 0.6 is 0 Å². The SMILES string of the molecule is CCCNC(=O)C(NC(=O)c1cccc(C)c1)C1CCN(C(=O)c2ccccc2C)CC1. The molecule has 6 nitrogen and oxygen atoms in total. The quantitative estimate of drug-likeness (QED) is 0.699. The molecule has 1 unspecified atom stereocenters. The van der Waals surface area contributed by atoms with E-state index in [0.29, 0.717) is 38.0 Å². The molecule has 1 heterocycles. The Morgan fingerprint density at radius 2 is 1.75 bits per heavy atom. The monoisotopic (exact) mass is 435 g/mol. The second kappa shape index (κ2) is 10.9. The van der Waals surface area contributed by atoms with Crippen LogP contribution < -0.4 is 10.6 Å². The molecule has 6 heteroatoms. The Bertz CT molecular complexity index is 964. The number of piperidine rings is 1. The molecule has 0 radical (unpaired) electrons. The zero-order valence-corrected chi connectivity index (χ0v) is 19.2. The predicted octanol–water partition coefficient (Wildman–Crippen LogP) is 3.48. The van der Waals surface area contributed by atoms with Crippen LogP contribution in [-0.2, 0) is 4.79 Å². The summed E-state index contributed by atoms with van der Waals surface area (Å²) in [5.74, 6) is -0.404. The molecule has 3 rings (SSSR count). The first-order chi connectivity index (χ1) is 15.4. The van der Waals surface area contributed by atoms with Crippen molar-refractivity contribution in [3.63, 3.8) is 0 Å². The highest BCUT2D eigenvalue weighted by atomic mass is 16.2. The lowest BCUT2D eigenvalue weighted by Gasteiger charge is -2.36. The van der Waals surface area contributed by atoms with Crippen LogP contribution in [-0.4, -0.2) is 48.3 Å². The van der Waals surface area contributed by atoms with Crippen molar-refractivity contribution in [3.8, 4) is 0 Å². The van der Waals surface area contributed by atoms with Gasteiger partial charge in [-0.25, -0.2) is 0 Å². The maximum atomic E-state index is 12.9. The average Bonchev–Trinajstić information content (AvgIpc) is 2.81. The van der Waals surface area contributed by atoms with Crippen molar-refractivity contribution in [2.24, 2.45) is 5.92 Å². The van der Waals surface area contributed by atoms with Gasteiger partial charge in [-0.2, -0.15) is 0 Å². The lowest BCUT2D eigenvalue weighted by atomic mass is 9.88. The number of benzene rings is 2. The zero-order valence-electron chi connectivity index (χ0n) is 19.2. The molecule has 1 fully saturated rings. The molecule has 1 atom stereocenters. The van der Waals surface area contributed by atoms with Gasteiger partial charge in [0, 0.05) is 30.8 Å². The number of nitrogens with zero attached hydrogens (tertiary/aromatic N) is 1. The molecule has 170 valence electrons. The number of amides is 3. The third kappa shape index (κ3) is 5.75. The smallest absolute Gasteiger partial charge is 0.254 e. The number of nitrogens with one attached hydrogen (secondary N) is 2. The molecule has 0 spiro atoms. The molecule has 3 amide bonds. The van der Waals surface area contributed by atoms with Crippen molar-refractivity contribution in [1.29, 1.82) is 0 Å². The number of carbonyl (C=O) groups is 3. The van der Waals surface area contributed by atoms with E-state index in [0.717, 1.165) is 23.1 Å². The Kier molecular flexibility index (Phi) is 8.03. The summed E-state index contributed by atoms with van der Waals surface area (Å²) in [6.45, 7) is 7.57. The molecule has 32 heavy (non-hydrogen) atoms. The molecule has 2 aromatic rings. The summed E-state index contributed by atoms with van der Waals surface area (Å²) in [6.07, 6.45) is 2.15. The van der Waals surface area contributed by atoms with Gasteiger partial charge in [0.05, 0.1) is 0 Å². The highest BCUT2D eigenvalue weighted by molar-refractivity contribution is 5.98. The molecule has 2 N–H and O–H groups in total. The molecular weight excluding hydrogens is 402 g/mol. The van der Waals surface area contributed by atoms with Crippen LogP contribution in [0.25, 0.3) is 0 Å². The molecule has 0 aromatic heterocycles. The second-order valence-electron chi connectivity index (χ2n) is 8.56. The van der Waals surface area contributed by atoms with Crippen molar-refractivity contribution in [2.75, 3.05) is 19.6 Å². The van der Waals surface area contributed by atoms with Gasteiger partial charge in [0.2, 0.25) is 5.91 Å². The fraction of sp³-hybridized carbons (Fsp3) is 0.423. The predicted molar refractivity (Wildman–Crippen MR) is 126 cm³/mol. The van der Waals surface area contributed by atoms with E-state index in [-0.39, 0.29) is 23.6 Å². The van der Waals surface area contributed by atoms with E-state index in [9.17, 15) is 14.4 Å². The molecule has 0 aliphatic carbocycles. The minimum Gasteiger partial charge on any atom is -0.354 e. The van der Waals surface area contributed by atoms with Gasteiger partial charge < -0.3 is 15.5 Å². The molecule has 1 saturated heterocycles. The van der Waals surface area contributed by atoms with Gasteiger partial charge in [0.15, 0.2) is 0 Å². The van der Waals surface area contributed by atoms with Crippen LogP contribution in [0.4, 0.5) is 0 Å². The topological polar surface area (TPSA) is 78.5 Å². The van der Waals surface area contributed by atoms with Gasteiger partial charge in [-0.3, -0.25) is 14.4 Å². The highest BCUT2D eigenvalue weighted by Gasteiger charge is 2.34. The zero-order chi connectivity index (χ0) is 23.1. The van der Waals surface area contributed by atoms with Crippen molar-refractivity contribution >= 4 is 17.7 Å². The van der Waals surface area contributed by atoms with Crippen LogP contribution in [0.2, 0.25) is 0 Å². The lowest BCUT2D eigenvalue weighted by molar-refractivity contribution is -0.124. The Morgan fingerprint density at radius 3 is 2.41 bits per heavy atom. The highest BCUT2D eigenvalue weighted by Crippen LogP contribution is 2.24. The van der Waals surface area contributed by atoms with Crippen molar-refractivity contribution in [3.05, 3.63) is 70.8 Å². The summed E-state index contributed by atoms with van der Waals surface area (Å²) >= 11 is 0. The van der Waals surface area contributed by atoms with Crippen molar-refractivity contribution in [2.45, 2.75) is 46.1 Å². The summed E-state index contributed by atoms with van der Waals surface area (Å²) in [5.41, 5.74) is 3.22. The van der Waals surface area contributed by atoms with Gasteiger partial charge in [0.1, 0.15) is 6.04 Å². The van der Waals surface area contributed by atoms with Gasteiger partial charge >= 0.3 is 0 Å². The van der Waals surface area contributed by atoms with Crippen LogP contribution in [0.15, 0.2) is 48.5 Å². The van der Waals surface area contributed by atoms with E-state index in [1.807, 2.05) is 68.1 Å². The van der Waals surface area contributed by atoms with Crippen LogP contribution in [0.5, 0.6) is 0 Å².